The topological polar surface area (TPSA) is 58.6 Å². The minimum Gasteiger partial charge on any atom is -0.481 e. The summed E-state index contributed by atoms with van der Waals surface area (Å²) in [5.74, 6) is 0.419. The fourth-order valence-corrected chi connectivity index (χ4v) is 4.95. The molecule has 6 heteroatoms. The van der Waals surface area contributed by atoms with Crippen molar-refractivity contribution in [2.45, 2.75) is 65.6 Å². The van der Waals surface area contributed by atoms with Crippen molar-refractivity contribution in [3.05, 3.63) is 100 Å². The maximum absolute atomic E-state index is 13.5. The van der Waals surface area contributed by atoms with Crippen LogP contribution in [0.1, 0.15) is 67.5 Å². The average Bonchev–Trinajstić information content (AvgIpc) is 2.90. The van der Waals surface area contributed by atoms with E-state index in [1.165, 1.54) is 17.7 Å². The molecule has 2 amide bonds. The number of amides is 2. The normalized spacial score (nSPS) is 15.6. The number of hydrogen-bond donors (Lipinski definition) is 1. The molecule has 200 valence electrons. The van der Waals surface area contributed by atoms with Gasteiger partial charge in [0.05, 0.1) is 6.04 Å². The zero-order chi connectivity index (χ0) is 27.2. The molecule has 3 aromatic rings. The summed E-state index contributed by atoms with van der Waals surface area (Å²) >= 11 is 0. The molecule has 38 heavy (non-hydrogen) atoms. The van der Waals surface area contributed by atoms with Crippen molar-refractivity contribution in [1.29, 1.82) is 0 Å². The molecule has 3 aromatic carbocycles. The highest BCUT2D eigenvalue weighted by Gasteiger charge is 2.33. The van der Waals surface area contributed by atoms with E-state index in [9.17, 15) is 14.0 Å². The summed E-state index contributed by atoms with van der Waals surface area (Å²) in [7, 11) is 0. The Kier molecular flexibility index (Phi) is 8.82. The summed E-state index contributed by atoms with van der Waals surface area (Å²) < 4.78 is 19.7. The van der Waals surface area contributed by atoms with Gasteiger partial charge in [0.2, 0.25) is 5.91 Å². The number of aryl methyl sites for hydroxylation is 1. The third-order valence-corrected chi connectivity index (χ3v) is 6.94. The van der Waals surface area contributed by atoms with Gasteiger partial charge in [0.1, 0.15) is 11.6 Å². The van der Waals surface area contributed by atoms with E-state index in [1.807, 2.05) is 30.0 Å². The lowest BCUT2D eigenvalue weighted by molar-refractivity contribution is -0.134. The van der Waals surface area contributed by atoms with Crippen LogP contribution in [0.2, 0.25) is 0 Å². The molecule has 0 aromatic heterocycles. The zero-order valence-electron chi connectivity index (χ0n) is 22.7. The van der Waals surface area contributed by atoms with Crippen LogP contribution in [0.5, 0.6) is 5.75 Å². The number of halogens is 1. The summed E-state index contributed by atoms with van der Waals surface area (Å²) in [6, 6.07) is 20.2. The standard InChI is InChI=1S/C32H37FN2O3/c1-5-29(32(37)34-20-23-7-6-8-26(33)18-23)38-27-14-13-24-15-16-35(30(36)17-21(2)3)31(28(24)19-27)25-11-9-22(4)10-12-25/h6-14,18-19,21,29,31H,5,15-17,20H2,1-4H3,(H,34,37). The summed E-state index contributed by atoms with van der Waals surface area (Å²) in [4.78, 5) is 28.2. The van der Waals surface area contributed by atoms with E-state index in [-0.39, 0.29) is 36.1 Å². The minimum atomic E-state index is -0.693. The molecule has 2 atom stereocenters. The first-order valence-corrected chi connectivity index (χ1v) is 13.4. The van der Waals surface area contributed by atoms with Crippen LogP contribution in [-0.4, -0.2) is 29.4 Å². The maximum atomic E-state index is 13.5. The van der Waals surface area contributed by atoms with E-state index in [1.54, 1.807) is 12.1 Å². The molecule has 0 spiro atoms. The minimum absolute atomic E-state index is 0.144. The van der Waals surface area contributed by atoms with Crippen molar-refractivity contribution >= 4 is 11.8 Å². The first-order chi connectivity index (χ1) is 18.2. The van der Waals surface area contributed by atoms with Crippen LogP contribution < -0.4 is 10.1 Å². The van der Waals surface area contributed by atoms with E-state index in [0.717, 1.165) is 23.1 Å². The summed E-state index contributed by atoms with van der Waals surface area (Å²) in [5, 5.41) is 2.86. The highest BCUT2D eigenvalue weighted by Crippen LogP contribution is 2.38. The second-order valence-corrected chi connectivity index (χ2v) is 10.5. The molecule has 1 aliphatic rings. The Balaban J connectivity index is 1.58. The Morgan fingerprint density at radius 1 is 1.08 bits per heavy atom. The number of nitrogens with zero attached hydrogens (tertiary/aromatic N) is 1. The Morgan fingerprint density at radius 3 is 2.53 bits per heavy atom. The molecular weight excluding hydrogens is 479 g/mol. The summed E-state index contributed by atoms with van der Waals surface area (Å²) in [6.45, 7) is 8.96. The van der Waals surface area contributed by atoms with Gasteiger partial charge < -0.3 is 15.0 Å². The second-order valence-electron chi connectivity index (χ2n) is 10.5. The highest BCUT2D eigenvalue weighted by molar-refractivity contribution is 5.81. The molecule has 5 nitrogen and oxygen atoms in total. The van der Waals surface area contributed by atoms with E-state index in [0.29, 0.717) is 30.7 Å². The van der Waals surface area contributed by atoms with Crippen molar-refractivity contribution in [3.8, 4) is 5.75 Å². The van der Waals surface area contributed by atoms with Crippen LogP contribution in [-0.2, 0) is 22.6 Å². The average molecular weight is 517 g/mol. The molecule has 0 fully saturated rings. The third kappa shape index (κ3) is 6.60. The number of hydrogen-bond acceptors (Lipinski definition) is 3. The Labute approximate surface area is 225 Å². The van der Waals surface area contributed by atoms with Crippen molar-refractivity contribution in [2.75, 3.05) is 6.54 Å². The summed E-state index contributed by atoms with van der Waals surface area (Å²) in [6.07, 6.45) is 1.05. The maximum Gasteiger partial charge on any atom is 0.261 e. The Morgan fingerprint density at radius 2 is 1.84 bits per heavy atom. The van der Waals surface area contributed by atoms with Crippen LogP contribution in [0.15, 0.2) is 66.7 Å². The van der Waals surface area contributed by atoms with Crippen LogP contribution in [0.3, 0.4) is 0 Å². The lowest BCUT2D eigenvalue weighted by Crippen LogP contribution is -2.41. The smallest absolute Gasteiger partial charge is 0.261 e. The highest BCUT2D eigenvalue weighted by atomic mass is 19.1. The van der Waals surface area contributed by atoms with E-state index >= 15 is 0 Å². The van der Waals surface area contributed by atoms with Crippen LogP contribution in [0.4, 0.5) is 4.39 Å². The van der Waals surface area contributed by atoms with Crippen LogP contribution in [0.25, 0.3) is 0 Å². The fourth-order valence-electron chi connectivity index (χ4n) is 4.95. The molecule has 1 N–H and O–H groups in total. The van der Waals surface area contributed by atoms with Crippen LogP contribution >= 0.6 is 0 Å². The first kappa shape index (κ1) is 27.4. The van der Waals surface area contributed by atoms with Gasteiger partial charge in [-0.05, 0) is 72.2 Å². The molecule has 0 saturated carbocycles. The SMILES string of the molecule is CCC(Oc1ccc2c(c1)C(c1ccc(C)cc1)N(C(=O)CC(C)C)CC2)C(=O)NCc1cccc(F)c1. The van der Waals surface area contributed by atoms with Crippen molar-refractivity contribution in [1.82, 2.24) is 10.2 Å². The van der Waals surface area contributed by atoms with Crippen molar-refractivity contribution in [2.24, 2.45) is 5.92 Å². The number of fused-ring (bicyclic) bond motifs is 1. The first-order valence-electron chi connectivity index (χ1n) is 13.4. The predicted octanol–water partition coefficient (Wildman–Crippen LogP) is 6.13. The number of carbonyl (C=O) groups excluding carboxylic acids is 2. The fraction of sp³-hybridized carbons (Fsp3) is 0.375. The number of rotatable bonds is 9. The van der Waals surface area contributed by atoms with Gasteiger partial charge in [0, 0.05) is 19.5 Å². The Bertz CT molecular complexity index is 1270. The van der Waals surface area contributed by atoms with Crippen molar-refractivity contribution < 1.29 is 18.7 Å². The second kappa shape index (κ2) is 12.2. The third-order valence-electron chi connectivity index (χ3n) is 6.94. The molecule has 0 bridgehead atoms. The molecule has 2 unspecified atom stereocenters. The largest absolute Gasteiger partial charge is 0.481 e. The molecule has 0 radical (unpaired) electrons. The Hall–Kier alpha value is -3.67. The number of nitrogens with one attached hydrogen (secondary N) is 1. The lowest BCUT2D eigenvalue weighted by atomic mass is 9.87. The van der Waals surface area contributed by atoms with Crippen LogP contribution in [0, 0.1) is 18.7 Å². The lowest BCUT2D eigenvalue weighted by Gasteiger charge is -2.38. The van der Waals surface area contributed by atoms with Gasteiger partial charge in [-0.25, -0.2) is 4.39 Å². The molecule has 1 heterocycles. The van der Waals surface area contributed by atoms with Gasteiger partial charge in [-0.3, -0.25) is 9.59 Å². The van der Waals surface area contributed by atoms with Gasteiger partial charge in [-0.1, -0.05) is 68.8 Å². The number of benzene rings is 3. The van der Waals surface area contributed by atoms with Gasteiger partial charge >= 0.3 is 0 Å². The number of ether oxygens (including phenoxy) is 1. The quantitative estimate of drug-likeness (QED) is 0.372. The molecule has 1 aliphatic heterocycles. The van der Waals surface area contributed by atoms with E-state index < -0.39 is 6.10 Å². The van der Waals surface area contributed by atoms with Gasteiger partial charge in [-0.2, -0.15) is 0 Å². The molecule has 0 aliphatic carbocycles. The van der Waals surface area contributed by atoms with Gasteiger partial charge in [0.25, 0.3) is 5.91 Å². The molecular formula is C32H37FN2O3. The number of carbonyl (C=O) groups is 2. The predicted molar refractivity (Wildman–Crippen MR) is 147 cm³/mol. The van der Waals surface area contributed by atoms with Crippen molar-refractivity contribution in [3.63, 3.8) is 0 Å². The molecule has 4 rings (SSSR count). The zero-order valence-corrected chi connectivity index (χ0v) is 22.7. The van der Waals surface area contributed by atoms with E-state index in [2.05, 4.69) is 50.4 Å². The van der Waals surface area contributed by atoms with Gasteiger partial charge in [-0.15, -0.1) is 0 Å². The van der Waals surface area contributed by atoms with Gasteiger partial charge in [0.15, 0.2) is 6.10 Å². The molecule has 0 saturated heterocycles. The summed E-state index contributed by atoms with van der Waals surface area (Å²) in [5.41, 5.74) is 5.13. The van der Waals surface area contributed by atoms with E-state index in [4.69, 9.17) is 4.74 Å². The monoisotopic (exact) mass is 516 g/mol.